The minimum absolute atomic E-state index is 0.611. The van der Waals surface area contributed by atoms with Gasteiger partial charge in [0, 0.05) is 29.1 Å². The third-order valence-electron chi connectivity index (χ3n) is 3.21. The van der Waals surface area contributed by atoms with Crippen LogP contribution in [0.1, 0.15) is 11.4 Å². The molecule has 0 saturated heterocycles. The second kappa shape index (κ2) is 4.31. The van der Waals surface area contributed by atoms with E-state index in [-0.39, 0.29) is 0 Å². The lowest BCUT2D eigenvalue weighted by atomic mass is 10.1. The van der Waals surface area contributed by atoms with Crippen LogP contribution in [0.15, 0.2) is 30.6 Å². The Morgan fingerprint density at radius 2 is 2.22 bits per heavy atom. The first-order valence-electron chi connectivity index (χ1n) is 6.10. The van der Waals surface area contributed by atoms with Gasteiger partial charge in [-0.25, -0.2) is 4.98 Å². The Balaban J connectivity index is 2.13. The molecule has 18 heavy (non-hydrogen) atoms. The maximum Gasteiger partial charge on any atom is 0.107 e. The first kappa shape index (κ1) is 11.0. The van der Waals surface area contributed by atoms with E-state index in [4.69, 9.17) is 5.73 Å². The molecule has 2 aromatic heterocycles. The average Bonchev–Trinajstić information content (AvgIpc) is 2.96. The Morgan fingerprint density at radius 1 is 1.33 bits per heavy atom. The topological polar surface area (TPSA) is 70.5 Å². The molecule has 0 unspecified atom stereocenters. The van der Waals surface area contributed by atoms with Gasteiger partial charge in [0.1, 0.15) is 5.82 Å². The van der Waals surface area contributed by atoms with E-state index in [0.29, 0.717) is 6.54 Å². The summed E-state index contributed by atoms with van der Waals surface area (Å²) in [5.74, 6) is 0.940. The maximum atomic E-state index is 5.54. The SMILES string of the molecule is Cc1cccc2[nH]cc(-c3cnc(CCN)[nH]3)c12. The molecule has 0 aliphatic rings. The molecule has 3 aromatic rings. The molecule has 0 bridgehead atoms. The van der Waals surface area contributed by atoms with E-state index < -0.39 is 0 Å². The highest BCUT2D eigenvalue weighted by Crippen LogP contribution is 2.29. The molecule has 0 atom stereocenters. The Labute approximate surface area is 105 Å². The van der Waals surface area contributed by atoms with Crippen LogP contribution < -0.4 is 5.73 Å². The van der Waals surface area contributed by atoms with Crippen LogP contribution in [0.5, 0.6) is 0 Å². The lowest BCUT2D eigenvalue weighted by molar-refractivity contribution is 0.895. The van der Waals surface area contributed by atoms with Crippen molar-refractivity contribution in [1.29, 1.82) is 0 Å². The number of H-pyrrole nitrogens is 2. The molecule has 1 aromatic carbocycles. The monoisotopic (exact) mass is 240 g/mol. The fourth-order valence-electron chi connectivity index (χ4n) is 2.34. The van der Waals surface area contributed by atoms with Crippen molar-refractivity contribution in [2.45, 2.75) is 13.3 Å². The van der Waals surface area contributed by atoms with Crippen molar-refractivity contribution in [2.24, 2.45) is 5.73 Å². The van der Waals surface area contributed by atoms with Gasteiger partial charge in [-0.1, -0.05) is 12.1 Å². The highest BCUT2D eigenvalue weighted by atomic mass is 14.9. The summed E-state index contributed by atoms with van der Waals surface area (Å²) in [4.78, 5) is 11.0. The number of hydrogen-bond donors (Lipinski definition) is 3. The Morgan fingerprint density at radius 3 is 3.06 bits per heavy atom. The van der Waals surface area contributed by atoms with E-state index >= 15 is 0 Å². The molecule has 0 aliphatic carbocycles. The number of hydrogen-bond acceptors (Lipinski definition) is 2. The number of nitrogens with two attached hydrogens (primary N) is 1. The molecule has 4 N–H and O–H groups in total. The van der Waals surface area contributed by atoms with E-state index in [1.54, 1.807) is 0 Å². The molecule has 0 spiro atoms. The van der Waals surface area contributed by atoms with Crippen LogP contribution in [-0.4, -0.2) is 21.5 Å². The van der Waals surface area contributed by atoms with Gasteiger partial charge in [-0.05, 0) is 25.1 Å². The second-order valence-electron chi connectivity index (χ2n) is 4.48. The van der Waals surface area contributed by atoms with Gasteiger partial charge in [0.2, 0.25) is 0 Å². The van der Waals surface area contributed by atoms with Gasteiger partial charge in [0.05, 0.1) is 11.9 Å². The summed E-state index contributed by atoms with van der Waals surface area (Å²) in [5, 5.41) is 1.25. The van der Waals surface area contributed by atoms with Crippen LogP contribution >= 0.6 is 0 Å². The van der Waals surface area contributed by atoms with Crippen LogP contribution in [0, 0.1) is 6.92 Å². The smallest absolute Gasteiger partial charge is 0.107 e. The van der Waals surface area contributed by atoms with E-state index in [9.17, 15) is 0 Å². The number of aromatic amines is 2. The predicted molar refractivity (Wildman–Crippen MR) is 73.4 cm³/mol. The van der Waals surface area contributed by atoms with Crippen LogP contribution in [0.2, 0.25) is 0 Å². The molecular formula is C14H16N4. The summed E-state index contributed by atoms with van der Waals surface area (Å²) in [6.07, 6.45) is 4.68. The first-order chi connectivity index (χ1) is 8.79. The summed E-state index contributed by atoms with van der Waals surface area (Å²) in [6.45, 7) is 2.73. The van der Waals surface area contributed by atoms with Crippen molar-refractivity contribution < 1.29 is 0 Å². The molecule has 92 valence electrons. The summed E-state index contributed by atoms with van der Waals surface area (Å²) in [5.41, 5.74) is 10.2. The average molecular weight is 240 g/mol. The van der Waals surface area contributed by atoms with Crippen molar-refractivity contribution in [3.8, 4) is 11.3 Å². The van der Waals surface area contributed by atoms with Gasteiger partial charge in [-0.3, -0.25) is 0 Å². The molecule has 0 saturated carbocycles. The molecule has 0 amide bonds. The normalized spacial score (nSPS) is 11.2. The number of benzene rings is 1. The van der Waals surface area contributed by atoms with Crippen molar-refractivity contribution in [1.82, 2.24) is 15.0 Å². The lowest BCUT2D eigenvalue weighted by Gasteiger charge is -1.99. The predicted octanol–water partition coefficient (Wildman–Crippen LogP) is 2.37. The Hall–Kier alpha value is -2.07. The number of aromatic nitrogens is 3. The zero-order valence-corrected chi connectivity index (χ0v) is 10.3. The van der Waals surface area contributed by atoms with Crippen LogP contribution in [-0.2, 0) is 6.42 Å². The van der Waals surface area contributed by atoms with Gasteiger partial charge in [-0.2, -0.15) is 0 Å². The Kier molecular flexibility index (Phi) is 2.64. The lowest BCUT2D eigenvalue weighted by Crippen LogP contribution is -2.03. The number of nitrogens with zero attached hydrogens (tertiary/aromatic N) is 1. The minimum Gasteiger partial charge on any atom is -0.360 e. The highest BCUT2D eigenvalue weighted by molar-refractivity contribution is 5.96. The number of nitrogens with one attached hydrogen (secondary N) is 2. The largest absolute Gasteiger partial charge is 0.360 e. The second-order valence-corrected chi connectivity index (χ2v) is 4.48. The maximum absolute atomic E-state index is 5.54. The number of fused-ring (bicyclic) bond motifs is 1. The molecule has 4 nitrogen and oxygen atoms in total. The third-order valence-corrected chi connectivity index (χ3v) is 3.21. The van der Waals surface area contributed by atoms with Gasteiger partial charge >= 0.3 is 0 Å². The van der Waals surface area contributed by atoms with E-state index in [1.807, 2.05) is 12.4 Å². The zero-order valence-electron chi connectivity index (χ0n) is 10.3. The summed E-state index contributed by atoms with van der Waals surface area (Å²) in [7, 11) is 0. The number of rotatable bonds is 3. The van der Waals surface area contributed by atoms with Gasteiger partial charge in [0.25, 0.3) is 0 Å². The molecule has 0 fully saturated rings. The quantitative estimate of drug-likeness (QED) is 0.657. The van der Waals surface area contributed by atoms with Crippen LogP contribution in [0.3, 0.4) is 0 Å². The molecule has 4 heteroatoms. The Bertz CT molecular complexity index is 678. The standard InChI is InChI=1S/C14H16N4/c1-9-3-2-4-11-14(9)10(7-16-11)12-8-17-13(18-12)5-6-15/h2-4,7-8,16H,5-6,15H2,1H3,(H,17,18). The van der Waals surface area contributed by atoms with Crippen molar-refractivity contribution in [2.75, 3.05) is 6.54 Å². The van der Waals surface area contributed by atoms with Crippen LogP contribution in [0.4, 0.5) is 0 Å². The highest BCUT2D eigenvalue weighted by Gasteiger charge is 2.10. The number of imidazole rings is 1. The summed E-state index contributed by atoms with van der Waals surface area (Å²) in [6, 6.07) is 6.27. The fraction of sp³-hybridized carbons (Fsp3) is 0.214. The van der Waals surface area contributed by atoms with Gasteiger partial charge < -0.3 is 15.7 Å². The molecular weight excluding hydrogens is 224 g/mol. The van der Waals surface area contributed by atoms with Gasteiger partial charge in [0.15, 0.2) is 0 Å². The fourth-order valence-corrected chi connectivity index (χ4v) is 2.34. The van der Waals surface area contributed by atoms with Crippen LogP contribution in [0.25, 0.3) is 22.2 Å². The van der Waals surface area contributed by atoms with Crippen molar-refractivity contribution in [3.63, 3.8) is 0 Å². The molecule has 0 aliphatic heterocycles. The molecule has 0 radical (unpaired) electrons. The first-order valence-corrected chi connectivity index (χ1v) is 6.10. The molecule has 2 heterocycles. The molecule has 3 rings (SSSR count). The summed E-state index contributed by atoms with van der Waals surface area (Å²) < 4.78 is 0. The van der Waals surface area contributed by atoms with Crippen molar-refractivity contribution in [3.05, 3.63) is 42.0 Å². The third kappa shape index (κ3) is 1.71. The van der Waals surface area contributed by atoms with Gasteiger partial charge in [-0.15, -0.1) is 0 Å². The van der Waals surface area contributed by atoms with E-state index in [2.05, 4.69) is 40.1 Å². The van der Waals surface area contributed by atoms with E-state index in [1.165, 1.54) is 16.5 Å². The van der Waals surface area contributed by atoms with Crippen molar-refractivity contribution >= 4 is 10.9 Å². The summed E-state index contributed by atoms with van der Waals surface area (Å²) >= 11 is 0. The number of aryl methyl sites for hydroxylation is 1. The minimum atomic E-state index is 0.611. The zero-order chi connectivity index (χ0) is 12.5. The van der Waals surface area contributed by atoms with E-state index in [0.717, 1.165) is 23.5 Å².